The van der Waals surface area contributed by atoms with Crippen LogP contribution in [-0.4, -0.2) is 6.54 Å². The minimum atomic E-state index is 0.803. The fraction of sp³-hybridized carbons (Fsp3) is 0.600. The van der Waals surface area contributed by atoms with Gasteiger partial charge < -0.3 is 5.73 Å². The third kappa shape index (κ3) is 2.15. The van der Waals surface area contributed by atoms with Crippen molar-refractivity contribution in [3.8, 4) is 0 Å². The predicted molar refractivity (Wildman–Crippen MR) is 69.8 cm³/mol. The Labute approximate surface area is 99.0 Å². The van der Waals surface area contributed by atoms with Gasteiger partial charge in [0.25, 0.3) is 0 Å². The fourth-order valence-corrected chi connectivity index (χ4v) is 3.28. The lowest BCUT2D eigenvalue weighted by Crippen LogP contribution is -2.25. The van der Waals surface area contributed by atoms with Crippen LogP contribution in [0.3, 0.4) is 0 Å². The van der Waals surface area contributed by atoms with E-state index in [0.717, 1.165) is 18.4 Å². The molecule has 0 heterocycles. The molecule has 16 heavy (non-hydrogen) atoms. The third-order valence-corrected chi connectivity index (χ3v) is 3.96. The van der Waals surface area contributed by atoms with Gasteiger partial charge in [-0.25, -0.2) is 0 Å². The molecule has 1 aromatic rings. The van der Waals surface area contributed by atoms with Crippen molar-refractivity contribution in [3.05, 3.63) is 34.4 Å². The molecule has 1 saturated carbocycles. The molecule has 1 aliphatic carbocycles. The van der Waals surface area contributed by atoms with Gasteiger partial charge in [-0.3, -0.25) is 0 Å². The largest absolute Gasteiger partial charge is 0.330 e. The molecule has 0 aromatic heterocycles. The zero-order valence-electron chi connectivity index (χ0n) is 10.7. The van der Waals surface area contributed by atoms with Gasteiger partial charge in [0.15, 0.2) is 0 Å². The second-order valence-electron chi connectivity index (χ2n) is 5.42. The highest BCUT2D eigenvalue weighted by Gasteiger charge is 2.31. The number of hydrogen-bond donors (Lipinski definition) is 1. The van der Waals surface area contributed by atoms with E-state index in [2.05, 4.69) is 32.9 Å². The summed E-state index contributed by atoms with van der Waals surface area (Å²) < 4.78 is 0. The molecule has 2 rings (SSSR count). The summed E-state index contributed by atoms with van der Waals surface area (Å²) in [6.07, 6.45) is 3.91. The average molecular weight is 217 g/mol. The Kier molecular flexibility index (Phi) is 3.34. The van der Waals surface area contributed by atoms with E-state index < -0.39 is 0 Å². The van der Waals surface area contributed by atoms with Gasteiger partial charge in [0.05, 0.1) is 0 Å². The molecular formula is C15H23N. The first kappa shape index (κ1) is 11.7. The zero-order chi connectivity index (χ0) is 11.7. The molecule has 1 nitrogen and oxygen atoms in total. The summed E-state index contributed by atoms with van der Waals surface area (Å²) in [5.74, 6) is 1.69. The van der Waals surface area contributed by atoms with Gasteiger partial charge >= 0.3 is 0 Å². The SMILES string of the molecule is Cc1cc(C)c(C2CC(CCN)C2)c(C)c1. The highest BCUT2D eigenvalue weighted by molar-refractivity contribution is 5.40. The molecule has 88 valence electrons. The van der Waals surface area contributed by atoms with Crippen molar-refractivity contribution >= 4 is 0 Å². The molecule has 0 aliphatic heterocycles. The van der Waals surface area contributed by atoms with Crippen LogP contribution in [0.15, 0.2) is 12.1 Å². The Morgan fingerprint density at radius 2 is 1.69 bits per heavy atom. The third-order valence-electron chi connectivity index (χ3n) is 3.96. The second kappa shape index (κ2) is 4.58. The normalized spacial score (nSPS) is 24.2. The van der Waals surface area contributed by atoms with Crippen molar-refractivity contribution < 1.29 is 0 Å². The molecule has 0 unspecified atom stereocenters. The summed E-state index contributed by atoms with van der Waals surface area (Å²) in [5.41, 5.74) is 11.6. The zero-order valence-corrected chi connectivity index (χ0v) is 10.7. The van der Waals surface area contributed by atoms with Gasteiger partial charge in [-0.05, 0) is 75.1 Å². The molecule has 1 heteroatoms. The van der Waals surface area contributed by atoms with Crippen LogP contribution in [-0.2, 0) is 0 Å². The standard InChI is InChI=1S/C15H23N/c1-10-6-11(2)15(12(3)7-10)14-8-13(9-14)4-5-16/h6-7,13-14H,4-5,8-9,16H2,1-3H3. The van der Waals surface area contributed by atoms with E-state index in [4.69, 9.17) is 5.73 Å². The maximum Gasteiger partial charge on any atom is -0.00746 e. The van der Waals surface area contributed by atoms with Crippen LogP contribution < -0.4 is 5.73 Å². The molecule has 0 radical (unpaired) electrons. The number of rotatable bonds is 3. The summed E-state index contributed by atoms with van der Waals surface area (Å²) in [6, 6.07) is 4.64. The summed E-state index contributed by atoms with van der Waals surface area (Å²) in [4.78, 5) is 0. The molecule has 0 spiro atoms. The summed E-state index contributed by atoms with van der Waals surface area (Å²) >= 11 is 0. The first-order chi connectivity index (χ1) is 7.61. The smallest absolute Gasteiger partial charge is 0.00746 e. The fourth-order valence-electron chi connectivity index (χ4n) is 3.28. The van der Waals surface area contributed by atoms with E-state index in [1.165, 1.54) is 36.0 Å². The monoisotopic (exact) mass is 217 g/mol. The maximum absolute atomic E-state index is 5.60. The van der Waals surface area contributed by atoms with Crippen molar-refractivity contribution in [3.63, 3.8) is 0 Å². The molecule has 1 aliphatic rings. The minimum Gasteiger partial charge on any atom is -0.330 e. The average Bonchev–Trinajstić information content (AvgIpc) is 2.12. The van der Waals surface area contributed by atoms with Gasteiger partial charge in [-0.1, -0.05) is 17.7 Å². The predicted octanol–water partition coefficient (Wildman–Crippen LogP) is 3.45. The minimum absolute atomic E-state index is 0.803. The van der Waals surface area contributed by atoms with Crippen molar-refractivity contribution in [2.24, 2.45) is 11.7 Å². The van der Waals surface area contributed by atoms with Crippen LogP contribution in [0.25, 0.3) is 0 Å². The van der Waals surface area contributed by atoms with Crippen LogP contribution >= 0.6 is 0 Å². The van der Waals surface area contributed by atoms with Gasteiger partial charge in [-0.15, -0.1) is 0 Å². The highest BCUT2D eigenvalue weighted by Crippen LogP contribution is 2.45. The Balaban J connectivity index is 2.11. The van der Waals surface area contributed by atoms with Crippen molar-refractivity contribution in [1.82, 2.24) is 0 Å². The summed E-state index contributed by atoms with van der Waals surface area (Å²) in [7, 11) is 0. The molecule has 0 amide bonds. The van der Waals surface area contributed by atoms with Crippen molar-refractivity contribution in [1.29, 1.82) is 0 Å². The Morgan fingerprint density at radius 3 is 2.19 bits per heavy atom. The molecule has 0 bridgehead atoms. The van der Waals surface area contributed by atoms with Crippen molar-refractivity contribution in [2.45, 2.75) is 46.0 Å². The van der Waals surface area contributed by atoms with E-state index in [1.54, 1.807) is 5.56 Å². The molecule has 0 atom stereocenters. The van der Waals surface area contributed by atoms with E-state index >= 15 is 0 Å². The molecular weight excluding hydrogens is 194 g/mol. The van der Waals surface area contributed by atoms with Crippen molar-refractivity contribution in [2.75, 3.05) is 6.54 Å². The number of nitrogens with two attached hydrogens (primary N) is 1. The molecule has 2 N–H and O–H groups in total. The van der Waals surface area contributed by atoms with Gasteiger partial charge in [0.1, 0.15) is 0 Å². The van der Waals surface area contributed by atoms with E-state index in [0.29, 0.717) is 0 Å². The lowest BCUT2D eigenvalue weighted by Gasteiger charge is -2.37. The summed E-state index contributed by atoms with van der Waals surface area (Å²) in [5, 5.41) is 0. The molecule has 0 saturated heterocycles. The van der Waals surface area contributed by atoms with Crippen LogP contribution in [0.1, 0.15) is 47.4 Å². The van der Waals surface area contributed by atoms with Crippen LogP contribution in [0.2, 0.25) is 0 Å². The van der Waals surface area contributed by atoms with E-state index in [-0.39, 0.29) is 0 Å². The number of benzene rings is 1. The number of aryl methyl sites for hydroxylation is 3. The van der Waals surface area contributed by atoms with Crippen LogP contribution in [0, 0.1) is 26.7 Å². The Bertz CT molecular complexity index is 352. The lowest BCUT2D eigenvalue weighted by atomic mass is 9.68. The van der Waals surface area contributed by atoms with Gasteiger partial charge in [0.2, 0.25) is 0 Å². The Morgan fingerprint density at radius 1 is 1.12 bits per heavy atom. The topological polar surface area (TPSA) is 26.0 Å². The van der Waals surface area contributed by atoms with E-state index in [1.807, 2.05) is 0 Å². The number of hydrogen-bond acceptors (Lipinski definition) is 1. The maximum atomic E-state index is 5.60. The Hall–Kier alpha value is -0.820. The van der Waals surface area contributed by atoms with Gasteiger partial charge in [0, 0.05) is 0 Å². The first-order valence-corrected chi connectivity index (χ1v) is 6.39. The van der Waals surface area contributed by atoms with Gasteiger partial charge in [-0.2, -0.15) is 0 Å². The van der Waals surface area contributed by atoms with E-state index in [9.17, 15) is 0 Å². The van der Waals surface area contributed by atoms with Crippen LogP contribution in [0.4, 0.5) is 0 Å². The quantitative estimate of drug-likeness (QED) is 0.824. The molecule has 1 fully saturated rings. The lowest BCUT2D eigenvalue weighted by molar-refractivity contribution is 0.250. The highest BCUT2D eigenvalue weighted by atomic mass is 14.5. The second-order valence-corrected chi connectivity index (χ2v) is 5.42. The first-order valence-electron chi connectivity index (χ1n) is 6.39. The molecule has 1 aromatic carbocycles. The van der Waals surface area contributed by atoms with Crippen LogP contribution in [0.5, 0.6) is 0 Å². The summed E-state index contributed by atoms with van der Waals surface area (Å²) in [6.45, 7) is 7.54.